The maximum Gasteiger partial charge on any atom is 0.307 e. The molecule has 3 aliphatic heterocycles. The van der Waals surface area contributed by atoms with Crippen LogP contribution in [0.4, 0.5) is 17.5 Å². The lowest BCUT2D eigenvalue weighted by atomic mass is 10.1. The molecule has 31 heteroatoms. The molecule has 3 fully saturated rings. The number of halogens is 1. The molecule has 0 bridgehead atoms. The number of ether oxygens (including phenoxy) is 4. The van der Waals surface area contributed by atoms with Gasteiger partial charge in [0, 0.05) is 158 Å². The van der Waals surface area contributed by atoms with Crippen LogP contribution in [0.2, 0.25) is 0 Å². The number of aliphatic hydroxyl groups excluding tert-OH is 1. The van der Waals surface area contributed by atoms with Gasteiger partial charge >= 0.3 is 11.9 Å². The number of anilines is 3. The Morgan fingerprint density at radius 1 is 0.415 bits per heavy atom. The Hall–Kier alpha value is -11.0. The lowest BCUT2D eigenvalue weighted by Gasteiger charge is -2.34. The summed E-state index contributed by atoms with van der Waals surface area (Å²) in [4.78, 5) is 84.2. The van der Waals surface area contributed by atoms with E-state index >= 15 is 0 Å². The van der Waals surface area contributed by atoms with Crippen LogP contribution in [0.5, 0.6) is 0 Å². The molecule has 9 heterocycles. The van der Waals surface area contributed by atoms with E-state index in [-0.39, 0.29) is 43.1 Å². The minimum absolute atomic E-state index is 0.124. The fraction of sp³-hybridized carbons (Fsp3) is 0.380. The number of hydrogen-bond donors (Lipinski definition) is 11. The first-order valence-electron chi connectivity index (χ1n) is 41.9. The number of fused-ring (bicyclic) bond motifs is 3. The number of aromatic nitrogens is 9. The Labute approximate surface area is 727 Å². The van der Waals surface area contributed by atoms with E-state index in [1.165, 1.54) is 47.6 Å². The highest BCUT2D eigenvalue weighted by Crippen LogP contribution is 2.34. The average molecular weight is 1740 g/mol. The van der Waals surface area contributed by atoms with Crippen LogP contribution in [-0.4, -0.2) is 258 Å². The predicted octanol–water partition coefficient (Wildman–Crippen LogP) is 12.5. The van der Waals surface area contributed by atoms with Crippen molar-refractivity contribution in [1.82, 2.24) is 79.7 Å². The van der Waals surface area contributed by atoms with E-state index in [4.69, 9.17) is 25.0 Å². The minimum atomic E-state index is -0.423. The first-order chi connectivity index (χ1) is 60.2. The molecule has 0 unspecified atom stereocenters. The number of esters is 2. The number of alkyl halides is 1. The van der Waals surface area contributed by atoms with Crippen molar-refractivity contribution in [3.63, 3.8) is 0 Å². The molecule has 6 aromatic carbocycles. The number of β-amino-alcohol motifs (C(OH)–C–C–N with tert-alkyl or cyclic N) is 1. The molecule has 3 atom stereocenters. The van der Waals surface area contributed by atoms with Gasteiger partial charge in [-0.15, -0.1) is 0 Å². The molecule has 1 amide bonds. The summed E-state index contributed by atoms with van der Waals surface area (Å²) in [6, 6.07) is 64.1. The molecule has 652 valence electrons. The molecule has 15 rings (SSSR count). The monoisotopic (exact) mass is 1740 g/mol. The molecule has 12 N–H and O–H groups in total. The van der Waals surface area contributed by atoms with Gasteiger partial charge in [-0.05, 0) is 89.0 Å². The highest BCUT2D eigenvalue weighted by Gasteiger charge is 2.23. The van der Waals surface area contributed by atoms with Gasteiger partial charge in [0.25, 0.3) is 0 Å². The van der Waals surface area contributed by atoms with E-state index in [2.05, 4.69) is 294 Å². The number of amides is 1. The zero-order chi connectivity index (χ0) is 86.5. The van der Waals surface area contributed by atoms with Crippen molar-refractivity contribution in [3.05, 3.63) is 234 Å². The van der Waals surface area contributed by atoms with Crippen LogP contribution in [-0.2, 0) is 53.0 Å². The van der Waals surface area contributed by atoms with Gasteiger partial charge in [-0.2, -0.15) is 0 Å². The van der Waals surface area contributed by atoms with Gasteiger partial charge in [0.05, 0.1) is 82.7 Å². The predicted molar refractivity (Wildman–Crippen MR) is 485 cm³/mol. The fourth-order valence-electron chi connectivity index (χ4n) is 14.8. The van der Waals surface area contributed by atoms with Crippen LogP contribution in [0.1, 0.15) is 91.5 Å². The number of aromatic amines is 3. The van der Waals surface area contributed by atoms with E-state index in [1.54, 1.807) is 24.5 Å². The third kappa shape index (κ3) is 28.5. The number of nitrogens with one attached hydrogen (secondary N) is 7. The van der Waals surface area contributed by atoms with E-state index in [9.17, 15) is 14.4 Å². The van der Waals surface area contributed by atoms with E-state index in [0.717, 1.165) is 202 Å². The molecular formula is C92H117BrN20O10. The Balaban J connectivity index is 0.000000171. The lowest BCUT2D eigenvalue weighted by Crippen LogP contribution is -2.46. The number of methoxy groups -OCH3 is 2. The highest BCUT2D eigenvalue weighted by molar-refractivity contribution is 9.09. The SMILES string of the molecule is COC(=O)CCBr.COC(=O)CCOCCN1CCN(Cc2ccc(-c3cc4c(N[C@H](C)c5ccccc5)ncnc4[nH]3)cc2)CC1.C[C@@H](Nc1ncnc2[nH]c(-c3ccc(CN4CCN(CCO)CC4)cc3)cc12)c1ccccc1.C[C@@H](Nc1ncnc2[nH]c(-c3ccc(CN4CCN(CCOCCC(=O)NO)CC4)cc3)cc12)c1ccccc1.NO. The van der Waals surface area contributed by atoms with E-state index in [0.29, 0.717) is 44.6 Å². The zero-order valence-corrected chi connectivity index (χ0v) is 72.5. The highest BCUT2D eigenvalue weighted by atomic mass is 79.9. The molecule has 0 spiro atoms. The lowest BCUT2D eigenvalue weighted by molar-refractivity contribution is -0.142. The van der Waals surface area contributed by atoms with Crippen molar-refractivity contribution in [1.29, 1.82) is 0 Å². The standard InChI is InChI=1S/C31H38N6O3.C30H37N7O3.C27H32N6O.C4H7BrO2.H3NO/c1-23(25-6-4-3-5-7-25)34-30-27-20-28(35-31(27)33-22-32-30)26-10-8-24(9-11-26)21-37-15-13-36(14-16-37)17-19-40-18-12-29(38)39-2;1-22(24-5-3-2-4-6-24)33-29-26-19-27(34-30(26)32-21-31-29)25-9-7-23(8-10-25)20-37-14-12-36(13-15-37)16-18-40-17-11-28(38)35-39;1-20(22-5-3-2-4-6-22)30-26-24-17-25(31-27(24)29-19-28-26)23-9-7-21(8-10-23)18-33-13-11-32(12-14-33)15-16-34;1-7-4(6)2-3-5;1-2/h3-11,20,22-23H,12-19,21H2,1-2H3,(H2,32,33,34,35);2-10,19,21-22,39H,11-18,20H2,1H3,(H,35,38)(H2,31,32,33,34);2-10,17,19-20,34H,11-16,18H2,1H3,(H2,28,29,30,31);2-3H2,1H3;2H,1H2/t23-;22-;20-;;/m111../s1. The summed E-state index contributed by atoms with van der Waals surface area (Å²) in [6.07, 6.45) is 5.73. The molecule has 12 aromatic rings. The number of carbonyl (C=O) groups is 3. The normalized spacial score (nSPS) is 14.9. The third-order valence-electron chi connectivity index (χ3n) is 22.0. The van der Waals surface area contributed by atoms with Crippen LogP contribution in [0.15, 0.2) is 201 Å². The zero-order valence-electron chi connectivity index (χ0n) is 70.9. The van der Waals surface area contributed by atoms with Crippen molar-refractivity contribution in [3.8, 4) is 33.8 Å². The second-order valence-corrected chi connectivity index (χ2v) is 31.1. The number of hydrogen-bond acceptors (Lipinski definition) is 26. The number of H-pyrrole nitrogens is 3. The van der Waals surface area contributed by atoms with Crippen molar-refractivity contribution in [2.45, 2.75) is 77.8 Å². The van der Waals surface area contributed by atoms with Gasteiger partial charge in [-0.3, -0.25) is 49.0 Å². The number of rotatable bonds is 34. The first kappa shape index (κ1) is 92.7. The fourth-order valence-corrected chi connectivity index (χ4v) is 15.1. The number of benzene rings is 6. The molecular weight excluding hydrogens is 1630 g/mol. The first-order valence-corrected chi connectivity index (χ1v) is 43.0. The maximum absolute atomic E-state index is 11.1. The van der Waals surface area contributed by atoms with Crippen molar-refractivity contribution >= 4 is 84.3 Å². The summed E-state index contributed by atoms with van der Waals surface area (Å²) in [6.45, 7) is 26.2. The Morgan fingerprint density at radius 3 is 1.01 bits per heavy atom. The van der Waals surface area contributed by atoms with Crippen molar-refractivity contribution < 1.29 is 48.9 Å². The number of hydroxylamine groups is 1. The maximum atomic E-state index is 11.1. The Bertz CT molecular complexity index is 4900. The summed E-state index contributed by atoms with van der Waals surface area (Å²) in [5.74, 6) is 5.16. The van der Waals surface area contributed by atoms with Gasteiger partial charge in [0.2, 0.25) is 5.91 Å². The molecule has 123 heavy (non-hydrogen) atoms. The summed E-state index contributed by atoms with van der Waals surface area (Å²) in [7, 11) is 2.78. The largest absolute Gasteiger partial charge is 0.469 e. The molecule has 30 nitrogen and oxygen atoms in total. The number of carbonyl (C=O) groups excluding carboxylic acids is 3. The van der Waals surface area contributed by atoms with Gasteiger partial charge in [-0.1, -0.05) is 180 Å². The van der Waals surface area contributed by atoms with E-state index < -0.39 is 5.91 Å². The molecule has 6 aromatic heterocycles. The Morgan fingerprint density at radius 2 is 0.715 bits per heavy atom. The number of nitrogens with two attached hydrogens (primary N) is 1. The van der Waals surface area contributed by atoms with Crippen LogP contribution < -0.4 is 27.3 Å². The molecule has 0 saturated carbocycles. The van der Waals surface area contributed by atoms with Crippen molar-refractivity contribution in [2.24, 2.45) is 5.90 Å². The minimum Gasteiger partial charge on any atom is -0.469 e. The summed E-state index contributed by atoms with van der Waals surface area (Å²) < 4.78 is 20.0. The summed E-state index contributed by atoms with van der Waals surface area (Å²) in [5.41, 5.74) is 18.1. The molecule has 0 aliphatic carbocycles. The molecule has 3 saturated heterocycles. The third-order valence-corrected chi connectivity index (χ3v) is 22.4. The summed E-state index contributed by atoms with van der Waals surface area (Å²) >= 11 is 3.09. The second kappa shape index (κ2) is 49.3. The topological polar surface area (TPSA) is 367 Å². The average Bonchev–Trinajstić information content (AvgIpc) is 1.66. The number of nitrogens with zero attached hydrogens (tertiary/aromatic N) is 12. The quantitative estimate of drug-likeness (QED) is 0.00587. The van der Waals surface area contributed by atoms with Crippen LogP contribution in [0, 0.1) is 0 Å². The van der Waals surface area contributed by atoms with Crippen molar-refractivity contribution in [2.75, 3.05) is 167 Å². The van der Waals surface area contributed by atoms with Gasteiger partial charge in [0.15, 0.2) is 0 Å². The summed E-state index contributed by atoms with van der Waals surface area (Å²) in [5, 5.41) is 38.4. The molecule has 3 aliphatic rings. The molecule has 0 radical (unpaired) electrons. The van der Waals surface area contributed by atoms with Crippen LogP contribution in [0.25, 0.3) is 66.9 Å². The number of piperazine rings is 3. The Kier molecular flexibility index (Phi) is 37.2. The van der Waals surface area contributed by atoms with Crippen LogP contribution >= 0.6 is 15.9 Å². The van der Waals surface area contributed by atoms with E-state index in [1.807, 2.05) is 30.3 Å². The second-order valence-electron chi connectivity index (χ2n) is 30.4. The van der Waals surface area contributed by atoms with Gasteiger partial charge in [-0.25, -0.2) is 41.3 Å². The van der Waals surface area contributed by atoms with Gasteiger partial charge in [0.1, 0.15) is 53.4 Å². The number of aliphatic hydroxyl groups is 1. The van der Waals surface area contributed by atoms with Crippen LogP contribution in [0.3, 0.4) is 0 Å². The van der Waals surface area contributed by atoms with Gasteiger partial charge < -0.3 is 60.2 Å². The smallest absolute Gasteiger partial charge is 0.307 e.